The first-order valence-corrected chi connectivity index (χ1v) is 4.82. The van der Waals surface area contributed by atoms with Gasteiger partial charge >= 0.3 is 5.97 Å². The number of oxazole rings is 1. The molecule has 2 heterocycles. The summed E-state index contributed by atoms with van der Waals surface area (Å²) < 4.78 is 5.42. The van der Waals surface area contributed by atoms with Gasteiger partial charge in [-0.05, 0) is 12.1 Å². The fraction of sp³-hybridized carbons (Fsp3) is 0.182. The van der Waals surface area contributed by atoms with Crippen LogP contribution in [0.15, 0.2) is 35.1 Å². The molecule has 1 N–H and O–H groups in total. The molecular weight excluding hydrogens is 208 g/mol. The van der Waals surface area contributed by atoms with E-state index in [2.05, 4.69) is 9.97 Å². The summed E-state index contributed by atoms with van der Waals surface area (Å²) >= 11 is 0. The molecule has 2 aromatic heterocycles. The Labute approximate surface area is 91.8 Å². The molecule has 5 nitrogen and oxygen atoms in total. The number of hydrogen-bond donors (Lipinski definition) is 1. The number of aromatic nitrogens is 2. The van der Waals surface area contributed by atoms with E-state index in [4.69, 9.17) is 9.52 Å². The van der Waals surface area contributed by atoms with Crippen LogP contribution in [0.2, 0.25) is 0 Å². The van der Waals surface area contributed by atoms with Crippen molar-refractivity contribution in [2.75, 3.05) is 0 Å². The van der Waals surface area contributed by atoms with Gasteiger partial charge < -0.3 is 9.52 Å². The average Bonchev–Trinajstić information content (AvgIpc) is 2.76. The first kappa shape index (κ1) is 10.4. The molecule has 0 aromatic carbocycles. The SMILES string of the molecule is O=C(O)CCc1ncc(-c2ccncc2)o1. The van der Waals surface area contributed by atoms with Gasteiger partial charge in [0.1, 0.15) is 0 Å². The molecule has 5 heteroatoms. The summed E-state index contributed by atoms with van der Waals surface area (Å²) in [5.41, 5.74) is 0.879. The second-order valence-corrected chi connectivity index (χ2v) is 3.25. The molecule has 0 saturated heterocycles. The summed E-state index contributed by atoms with van der Waals surface area (Å²) in [7, 11) is 0. The predicted octanol–water partition coefficient (Wildman–Crippen LogP) is 1.75. The number of carboxylic acid groups (broad SMARTS) is 1. The van der Waals surface area contributed by atoms with E-state index in [1.54, 1.807) is 18.6 Å². The molecule has 0 aliphatic rings. The van der Waals surface area contributed by atoms with Crippen molar-refractivity contribution in [1.29, 1.82) is 0 Å². The third-order valence-corrected chi connectivity index (χ3v) is 2.07. The van der Waals surface area contributed by atoms with Crippen molar-refractivity contribution in [3.05, 3.63) is 36.6 Å². The standard InChI is InChI=1S/C11H10N2O3/c14-11(15)2-1-10-13-7-9(16-10)8-3-5-12-6-4-8/h3-7H,1-2H2,(H,14,15). The molecule has 0 spiro atoms. The van der Waals surface area contributed by atoms with Crippen LogP contribution in [-0.4, -0.2) is 21.0 Å². The van der Waals surface area contributed by atoms with E-state index < -0.39 is 5.97 Å². The van der Waals surface area contributed by atoms with E-state index in [1.165, 1.54) is 0 Å². The van der Waals surface area contributed by atoms with Gasteiger partial charge in [-0.3, -0.25) is 9.78 Å². The zero-order valence-electron chi connectivity index (χ0n) is 8.46. The Morgan fingerprint density at radius 3 is 2.81 bits per heavy atom. The Hall–Kier alpha value is -2.17. The average molecular weight is 218 g/mol. The summed E-state index contributed by atoms with van der Waals surface area (Å²) in [6, 6.07) is 3.61. The molecule has 0 amide bonds. The molecule has 0 aliphatic carbocycles. The first-order chi connectivity index (χ1) is 7.75. The highest BCUT2D eigenvalue weighted by atomic mass is 16.4. The number of hydrogen-bond acceptors (Lipinski definition) is 4. The highest BCUT2D eigenvalue weighted by Crippen LogP contribution is 2.19. The molecule has 0 saturated carbocycles. The van der Waals surface area contributed by atoms with Crippen molar-refractivity contribution in [2.24, 2.45) is 0 Å². The smallest absolute Gasteiger partial charge is 0.303 e. The third kappa shape index (κ3) is 2.44. The topological polar surface area (TPSA) is 76.2 Å². The van der Waals surface area contributed by atoms with Gasteiger partial charge in [-0.1, -0.05) is 0 Å². The summed E-state index contributed by atoms with van der Waals surface area (Å²) in [5.74, 6) is 0.209. The Kier molecular flexibility index (Phi) is 2.95. The highest BCUT2D eigenvalue weighted by Gasteiger charge is 2.07. The van der Waals surface area contributed by atoms with Crippen molar-refractivity contribution in [3.63, 3.8) is 0 Å². The van der Waals surface area contributed by atoms with Crippen molar-refractivity contribution < 1.29 is 14.3 Å². The lowest BCUT2D eigenvalue weighted by molar-refractivity contribution is -0.137. The normalized spacial score (nSPS) is 10.2. The summed E-state index contributed by atoms with van der Waals surface area (Å²) in [5, 5.41) is 8.52. The third-order valence-electron chi connectivity index (χ3n) is 2.07. The van der Waals surface area contributed by atoms with Crippen LogP contribution in [0.25, 0.3) is 11.3 Å². The Morgan fingerprint density at radius 2 is 2.12 bits per heavy atom. The fourth-order valence-corrected chi connectivity index (χ4v) is 1.29. The molecule has 2 rings (SSSR count). The Bertz CT molecular complexity index is 479. The van der Waals surface area contributed by atoms with Crippen LogP contribution >= 0.6 is 0 Å². The van der Waals surface area contributed by atoms with Crippen molar-refractivity contribution in [2.45, 2.75) is 12.8 Å². The number of pyridine rings is 1. The van der Waals surface area contributed by atoms with Gasteiger partial charge in [0, 0.05) is 24.4 Å². The lowest BCUT2D eigenvalue weighted by Crippen LogP contribution is -1.97. The maximum Gasteiger partial charge on any atom is 0.303 e. The van der Waals surface area contributed by atoms with Gasteiger partial charge in [0.25, 0.3) is 0 Å². The molecule has 2 aromatic rings. The quantitative estimate of drug-likeness (QED) is 0.846. The Morgan fingerprint density at radius 1 is 1.38 bits per heavy atom. The number of carboxylic acids is 1. The van der Waals surface area contributed by atoms with Gasteiger partial charge in [0.15, 0.2) is 11.7 Å². The van der Waals surface area contributed by atoms with Gasteiger partial charge in [0.05, 0.1) is 12.6 Å². The molecule has 0 bridgehead atoms. The minimum atomic E-state index is -0.858. The maximum absolute atomic E-state index is 10.4. The lowest BCUT2D eigenvalue weighted by atomic mass is 10.2. The minimum Gasteiger partial charge on any atom is -0.481 e. The highest BCUT2D eigenvalue weighted by molar-refractivity contribution is 5.66. The van der Waals surface area contributed by atoms with Crippen molar-refractivity contribution >= 4 is 5.97 Å². The van der Waals surface area contributed by atoms with Crippen LogP contribution in [0, 0.1) is 0 Å². The molecule has 82 valence electrons. The van der Waals surface area contributed by atoms with Gasteiger partial charge in [0.2, 0.25) is 0 Å². The van der Waals surface area contributed by atoms with E-state index in [0.29, 0.717) is 18.1 Å². The van der Waals surface area contributed by atoms with Crippen LogP contribution in [0.5, 0.6) is 0 Å². The largest absolute Gasteiger partial charge is 0.481 e. The number of aryl methyl sites for hydroxylation is 1. The second kappa shape index (κ2) is 4.57. The van der Waals surface area contributed by atoms with Gasteiger partial charge in [-0.25, -0.2) is 4.98 Å². The van der Waals surface area contributed by atoms with Crippen LogP contribution in [0.3, 0.4) is 0 Å². The van der Waals surface area contributed by atoms with Crippen LogP contribution in [0.1, 0.15) is 12.3 Å². The zero-order valence-corrected chi connectivity index (χ0v) is 8.46. The molecule has 0 radical (unpaired) electrons. The predicted molar refractivity (Wildman–Crippen MR) is 55.7 cm³/mol. The minimum absolute atomic E-state index is 0.0241. The van der Waals surface area contributed by atoms with E-state index in [1.807, 2.05) is 12.1 Å². The maximum atomic E-state index is 10.4. The monoisotopic (exact) mass is 218 g/mol. The van der Waals surface area contributed by atoms with E-state index in [-0.39, 0.29) is 6.42 Å². The molecule has 16 heavy (non-hydrogen) atoms. The molecule has 0 fully saturated rings. The molecule has 0 aliphatic heterocycles. The van der Waals surface area contributed by atoms with E-state index in [9.17, 15) is 4.79 Å². The number of rotatable bonds is 4. The van der Waals surface area contributed by atoms with Crippen molar-refractivity contribution in [3.8, 4) is 11.3 Å². The van der Waals surface area contributed by atoms with E-state index >= 15 is 0 Å². The van der Waals surface area contributed by atoms with Crippen molar-refractivity contribution in [1.82, 2.24) is 9.97 Å². The van der Waals surface area contributed by atoms with E-state index in [0.717, 1.165) is 5.56 Å². The second-order valence-electron chi connectivity index (χ2n) is 3.25. The van der Waals surface area contributed by atoms with Crippen LogP contribution < -0.4 is 0 Å². The summed E-state index contributed by atoms with van der Waals surface area (Å²) in [6.07, 6.45) is 5.24. The number of carbonyl (C=O) groups is 1. The first-order valence-electron chi connectivity index (χ1n) is 4.82. The molecule has 0 unspecified atom stereocenters. The van der Waals surface area contributed by atoms with Crippen LogP contribution in [0.4, 0.5) is 0 Å². The fourth-order valence-electron chi connectivity index (χ4n) is 1.29. The van der Waals surface area contributed by atoms with Gasteiger partial charge in [-0.15, -0.1) is 0 Å². The molecule has 0 atom stereocenters. The lowest BCUT2D eigenvalue weighted by Gasteiger charge is -1.94. The number of aliphatic carboxylic acids is 1. The Balaban J connectivity index is 2.11. The number of nitrogens with zero attached hydrogens (tertiary/aromatic N) is 2. The zero-order chi connectivity index (χ0) is 11.4. The molecular formula is C11H10N2O3. The summed E-state index contributed by atoms with van der Waals surface area (Å²) in [4.78, 5) is 18.3. The van der Waals surface area contributed by atoms with Gasteiger partial charge in [-0.2, -0.15) is 0 Å². The summed E-state index contributed by atoms with van der Waals surface area (Å²) in [6.45, 7) is 0. The van der Waals surface area contributed by atoms with Crippen LogP contribution in [-0.2, 0) is 11.2 Å².